The van der Waals surface area contributed by atoms with E-state index in [1.165, 1.54) is 6.07 Å². The molecule has 1 aliphatic carbocycles. The van der Waals surface area contributed by atoms with Crippen LogP contribution in [0.15, 0.2) is 66.4 Å². The number of carbonyl (C=O) groups is 2. The van der Waals surface area contributed by atoms with Crippen molar-refractivity contribution in [1.82, 2.24) is 0 Å². The number of rotatable bonds is 4. The van der Waals surface area contributed by atoms with Crippen molar-refractivity contribution in [3.63, 3.8) is 0 Å². The highest BCUT2D eigenvalue weighted by Crippen LogP contribution is 2.41. The molecule has 0 spiro atoms. The molecule has 1 aliphatic rings. The van der Waals surface area contributed by atoms with Gasteiger partial charge in [-0.1, -0.05) is 35.4 Å². The molecule has 0 amide bonds. The number of hydrogen-bond donors (Lipinski definition) is 4. The van der Waals surface area contributed by atoms with Crippen LogP contribution in [-0.2, 0) is 0 Å². The Labute approximate surface area is 173 Å². The SMILES string of the molecule is Cc1ccc(NC2=CC(=O)c3c(O)c(Nc4ccc(C)cc4)cc(O)c3C2=O)cc1. The third-order valence-corrected chi connectivity index (χ3v) is 4.93. The van der Waals surface area contributed by atoms with Crippen molar-refractivity contribution in [2.24, 2.45) is 0 Å². The number of ketones is 2. The predicted molar refractivity (Wildman–Crippen MR) is 116 cm³/mol. The smallest absolute Gasteiger partial charge is 0.213 e. The number of phenolic OH excluding ortho intramolecular Hbond substituents is 2. The van der Waals surface area contributed by atoms with Crippen LogP contribution in [0.3, 0.4) is 0 Å². The van der Waals surface area contributed by atoms with E-state index in [2.05, 4.69) is 10.6 Å². The highest BCUT2D eigenvalue weighted by Gasteiger charge is 2.33. The number of phenols is 2. The van der Waals surface area contributed by atoms with Gasteiger partial charge < -0.3 is 20.8 Å². The number of allylic oxidation sites excluding steroid dienone is 2. The summed E-state index contributed by atoms with van der Waals surface area (Å²) in [6.45, 7) is 3.89. The fourth-order valence-corrected chi connectivity index (χ4v) is 3.30. The van der Waals surface area contributed by atoms with E-state index in [1.807, 2.05) is 50.2 Å². The number of fused-ring (bicyclic) bond motifs is 1. The summed E-state index contributed by atoms with van der Waals surface area (Å²) in [6.07, 6.45) is 1.14. The second-order valence-corrected chi connectivity index (χ2v) is 7.28. The number of hydrogen-bond acceptors (Lipinski definition) is 6. The summed E-state index contributed by atoms with van der Waals surface area (Å²) in [4.78, 5) is 25.7. The fraction of sp³-hybridized carbons (Fsp3) is 0.0833. The molecule has 6 nitrogen and oxygen atoms in total. The van der Waals surface area contributed by atoms with Gasteiger partial charge in [-0.05, 0) is 38.1 Å². The molecule has 0 aliphatic heterocycles. The van der Waals surface area contributed by atoms with E-state index < -0.39 is 11.6 Å². The summed E-state index contributed by atoms with van der Waals surface area (Å²) in [5.74, 6) is -1.90. The summed E-state index contributed by atoms with van der Waals surface area (Å²) in [6, 6.07) is 16.0. The first-order chi connectivity index (χ1) is 14.3. The Morgan fingerprint density at radius 3 is 1.83 bits per heavy atom. The number of anilines is 3. The van der Waals surface area contributed by atoms with Crippen LogP contribution < -0.4 is 10.6 Å². The number of carbonyl (C=O) groups excluding carboxylic acids is 2. The maximum atomic E-state index is 12.9. The molecule has 0 aromatic heterocycles. The Kier molecular flexibility index (Phi) is 4.75. The van der Waals surface area contributed by atoms with Crippen molar-refractivity contribution >= 4 is 28.6 Å². The summed E-state index contributed by atoms with van der Waals surface area (Å²) >= 11 is 0. The Bertz CT molecular complexity index is 1190. The summed E-state index contributed by atoms with van der Waals surface area (Å²) in [5.41, 5.74) is 3.16. The average molecular weight is 400 g/mol. The lowest BCUT2D eigenvalue weighted by molar-refractivity contribution is 0.0980. The van der Waals surface area contributed by atoms with Gasteiger partial charge in [0.05, 0.1) is 22.5 Å². The van der Waals surface area contributed by atoms with Gasteiger partial charge in [-0.15, -0.1) is 0 Å². The third kappa shape index (κ3) is 3.51. The van der Waals surface area contributed by atoms with E-state index in [4.69, 9.17) is 0 Å². The third-order valence-electron chi connectivity index (χ3n) is 4.93. The molecule has 3 aromatic carbocycles. The molecule has 0 saturated heterocycles. The lowest BCUT2D eigenvalue weighted by Gasteiger charge is -2.20. The molecule has 0 saturated carbocycles. The Hall–Kier alpha value is -4.06. The first kappa shape index (κ1) is 19.3. The van der Waals surface area contributed by atoms with Crippen LogP contribution in [0.25, 0.3) is 0 Å². The second-order valence-electron chi connectivity index (χ2n) is 7.28. The zero-order valence-corrected chi connectivity index (χ0v) is 16.5. The predicted octanol–water partition coefficient (Wildman–Crippen LogP) is 4.83. The lowest BCUT2D eigenvalue weighted by Crippen LogP contribution is -2.22. The van der Waals surface area contributed by atoms with Crippen molar-refractivity contribution in [3.8, 4) is 11.5 Å². The number of benzene rings is 3. The van der Waals surface area contributed by atoms with Crippen LogP contribution in [0.4, 0.5) is 17.1 Å². The van der Waals surface area contributed by atoms with Gasteiger partial charge >= 0.3 is 0 Å². The maximum Gasteiger partial charge on any atom is 0.213 e. The average Bonchev–Trinajstić information content (AvgIpc) is 2.71. The first-order valence-corrected chi connectivity index (χ1v) is 9.40. The fourth-order valence-electron chi connectivity index (χ4n) is 3.30. The molecule has 150 valence electrons. The van der Waals surface area contributed by atoms with E-state index in [0.717, 1.165) is 17.2 Å². The van der Waals surface area contributed by atoms with Gasteiger partial charge in [-0.25, -0.2) is 0 Å². The normalized spacial score (nSPS) is 12.9. The van der Waals surface area contributed by atoms with Crippen LogP contribution in [0.5, 0.6) is 11.5 Å². The van der Waals surface area contributed by atoms with Crippen molar-refractivity contribution in [3.05, 3.63) is 88.6 Å². The Morgan fingerprint density at radius 1 is 0.733 bits per heavy atom. The van der Waals surface area contributed by atoms with Crippen molar-refractivity contribution in [1.29, 1.82) is 0 Å². The Morgan fingerprint density at radius 2 is 1.27 bits per heavy atom. The largest absolute Gasteiger partial charge is 0.507 e. The molecule has 4 N–H and O–H groups in total. The molecule has 4 rings (SSSR count). The molecule has 0 fully saturated rings. The summed E-state index contributed by atoms with van der Waals surface area (Å²) in [5, 5.41) is 27.1. The number of nitrogens with one attached hydrogen (secondary N) is 2. The van der Waals surface area contributed by atoms with Gasteiger partial charge in [0.2, 0.25) is 5.78 Å². The van der Waals surface area contributed by atoms with Crippen LogP contribution in [0, 0.1) is 13.8 Å². The zero-order valence-electron chi connectivity index (χ0n) is 16.5. The monoisotopic (exact) mass is 400 g/mol. The molecule has 3 aromatic rings. The van der Waals surface area contributed by atoms with Gasteiger partial charge in [0.1, 0.15) is 5.75 Å². The minimum Gasteiger partial charge on any atom is -0.507 e. The number of Topliss-reactive ketones (excluding diaryl/α,β-unsaturated/α-hetero) is 1. The highest BCUT2D eigenvalue weighted by molar-refractivity contribution is 6.28. The Balaban J connectivity index is 1.70. The highest BCUT2D eigenvalue weighted by atomic mass is 16.3. The first-order valence-electron chi connectivity index (χ1n) is 9.40. The lowest BCUT2D eigenvalue weighted by atomic mass is 9.90. The standard InChI is InChI=1S/C24H20N2O4/c1-13-3-7-15(8-4-13)25-17-11-19(27)22-21(23(17)29)20(28)12-18(24(22)30)26-16-9-5-14(2)6-10-16/h3-12,25-27,29H,1-2H3. The van der Waals surface area contributed by atoms with E-state index in [9.17, 15) is 19.8 Å². The van der Waals surface area contributed by atoms with E-state index in [0.29, 0.717) is 11.4 Å². The number of aromatic hydroxyl groups is 2. The van der Waals surface area contributed by atoms with Gasteiger partial charge in [-0.3, -0.25) is 9.59 Å². The molecule has 6 heteroatoms. The maximum absolute atomic E-state index is 12.9. The van der Waals surface area contributed by atoms with E-state index in [-0.39, 0.29) is 34.0 Å². The molecular weight excluding hydrogens is 380 g/mol. The molecule has 0 atom stereocenters. The van der Waals surface area contributed by atoms with Crippen molar-refractivity contribution < 1.29 is 19.8 Å². The molecular formula is C24H20N2O4. The number of aryl methyl sites for hydroxylation is 2. The van der Waals surface area contributed by atoms with Crippen molar-refractivity contribution in [2.45, 2.75) is 13.8 Å². The minimum absolute atomic E-state index is 0.0327. The molecule has 0 radical (unpaired) electrons. The van der Waals surface area contributed by atoms with Gasteiger partial charge in [0, 0.05) is 23.5 Å². The van der Waals surface area contributed by atoms with E-state index >= 15 is 0 Å². The van der Waals surface area contributed by atoms with Crippen LogP contribution in [0.1, 0.15) is 31.8 Å². The summed E-state index contributed by atoms with van der Waals surface area (Å²) in [7, 11) is 0. The van der Waals surface area contributed by atoms with Crippen LogP contribution >= 0.6 is 0 Å². The van der Waals surface area contributed by atoms with Crippen molar-refractivity contribution in [2.75, 3.05) is 10.6 Å². The van der Waals surface area contributed by atoms with Gasteiger partial charge in [0.25, 0.3) is 0 Å². The minimum atomic E-state index is -0.570. The molecule has 0 bridgehead atoms. The quantitative estimate of drug-likeness (QED) is 0.370. The molecule has 30 heavy (non-hydrogen) atoms. The van der Waals surface area contributed by atoms with Gasteiger partial charge in [-0.2, -0.15) is 0 Å². The molecule has 0 heterocycles. The zero-order chi connectivity index (χ0) is 21.4. The van der Waals surface area contributed by atoms with Crippen LogP contribution in [-0.4, -0.2) is 21.8 Å². The van der Waals surface area contributed by atoms with Crippen LogP contribution in [0.2, 0.25) is 0 Å². The molecule has 0 unspecified atom stereocenters. The van der Waals surface area contributed by atoms with E-state index in [1.54, 1.807) is 12.1 Å². The van der Waals surface area contributed by atoms with Gasteiger partial charge in [0.15, 0.2) is 11.5 Å². The summed E-state index contributed by atoms with van der Waals surface area (Å²) < 4.78 is 0. The topological polar surface area (TPSA) is 98.7 Å². The second kappa shape index (κ2) is 7.40.